The van der Waals surface area contributed by atoms with E-state index in [-0.39, 0.29) is 18.9 Å². The molecule has 2 aromatic carbocycles. The van der Waals surface area contributed by atoms with Gasteiger partial charge in [-0.2, -0.15) is 0 Å². The molecule has 0 bridgehead atoms. The molecule has 0 spiro atoms. The summed E-state index contributed by atoms with van der Waals surface area (Å²) in [5.74, 6) is -0.640. The molecule has 0 radical (unpaired) electrons. The van der Waals surface area contributed by atoms with Crippen LogP contribution in [0.2, 0.25) is 5.02 Å². The van der Waals surface area contributed by atoms with Gasteiger partial charge < -0.3 is 30.7 Å². The molecule has 1 aliphatic heterocycles. The fourth-order valence-corrected chi connectivity index (χ4v) is 6.67. The number of rotatable bonds is 12. The van der Waals surface area contributed by atoms with E-state index in [1.807, 2.05) is 0 Å². The van der Waals surface area contributed by atoms with Gasteiger partial charge >= 0.3 is 6.09 Å². The van der Waals surface area contributed by atoms with Gasteiger partial charge in [0.25, 0.3) is 12.3 Å². The molecule has 1 heterocycles. The summed E-state index contributed by atoms with van der Waals surface area (Å²) in [6.07, 6.45) is 1.57. The molecule has 10 nitrogen and oxygen atoms in total. The predicted molar refractivity (Wildman–Crippen MR) is 181 cm³/mol. The molecule has 264 valence electrons. The van der Waals surface area contributed by atoms with Crippen molar-refractivity contribution >= 4 is 35.2 Å². The molecule has 1 saturated carbocycles. The topological polar surface area (TPSA) is 135 Å². The number of hydrogen-bond acceptors (Lipinski definition) is 7. The van der Waals surface area contributed by atoms with E-state index in [1.165, 1.54) is 12.0 Å². The van der Waals surface area contributed by atoms with Crippen LogP contribution in [0.3, 0.4) is 0 Å². The molecule has 13 heteroatoms. The lowest BCUT2D eigenvalue weighted by atomic mass is 9.79. The van der Waals surface area contributed by atoms with Gasteiger partial charge in [0.2, 0.25) is 5.91 Å². The number of benzene rings is 2. The number of amides is 3. The number of anilines is 1. The fourth-order valence-electron chi connectivity index (χ4n) is 6.48. The summed E-state index contributed by atoms with van der Waals surface area (Å²) in [4.78, 5) is 42.1. The van der Waals surface area contributed by atoms with Crippen molar-refractivity contribution in [2.75, 3.05) is 19.0 Å². The number of alkyl carbamates (subject to hydrolysis) is 1. The van der Waals surface area contributed by atoms with E-state index in [1.54, 1.807) is 63.2 Å². The van der Waals surface area contributed by atoms with Crippen molar-refractivity contribution in [3.05, 3.63) is 58.6 Å². The average Bonchev–Trinajstić information content (AvgIpc) is 3.53. The average molecular weight is 692 g/mol. The summed E-state index contributed by atoms with van der Waals surface area (Å²) in [5.41, 5.74) is 5.94. The predicted octanol–water partition coefficient (Wildman–Crippen LogP) is 6.00. The van der Waals surface area contributed by atoms with Crippen LogP contribution in [-0.2, 0) is 27.3 Å². The Balaban J connectivity index is 1.48. The van der Waals surface area contributed by atoms with Crippen molar-refractivity contribution in [3.63, 3.8) is 0 Å². The van der Waals surface area contributed by atoms with Crippen molar-refractivity contribution in [3.8, 4) is 5.75 Å². The van der Waals surface area contributed by atoms with Gasteiger partial charge in [-0.1, -0.05) is 36.9 Å². The van der Waals surface area contributed by atoms with E-state index in [0.717, 1.165) is 19.3 Å². The second kappa shape index (κ2) is 16.2. The van der Waals surface area contributed by atoms with Gasteiger partial charge in [0, 0.05) is 29.7 Å². The highest BCUT2D eigenvalue weighted by Gasteiger charge is 2.50. The Kier molecular flexibility index (Phi) is 12.5. The van der Waals surface area contributed by atoms with Crippen molar-refractivity contribution in [2.24, 2.45) is 11.7 Å². The lowest BCUT2D eigenvalue weighted by Crippen LogP contribution is -2.71. The lowest BCUT2D eigenvalue weighted by Gasteiger charge is -2.42. The van der Waals surface area contributed by atoms with E-state index < -0.39 is 47.7 Å². The number of ether oxygens (including phenoxy) is 2. The number of nitrogens with zero attached hydrogens (tertiary/aromatic N) is 1. The first-order chi connectivity index (χ1) is 22.7. The highest BCUT2D eigenvalue weighted by atomic mass is 35.5. The zero-order valence-corrected chi connectivity index (χ0v) is 28.9. The zero-order valence-electron chi connectivity index (χ0n) is 28.1. The molecular formula is C35H48ClF2N5O5. The van der Waals surface area contributed by atoms with E-state index in [2.05, 4.69) is 16.0 Å². The Hall–Kier alpha value is -3.64. The van der Waals surface area contributed by atoms with Crippen LogP contribution in [-0.4, -0.2) is 66.2 Å². The van der Waals surface area contributed by atoms with Gasteiger partial charge in [0.15, 0.2) is 5.66 Å². The second-order valence-corrected chi connectivity index (χ2v) is 14.1. The van der Waals surface area contributed by atoms with Crippen LogP contribution in [0.5, 0.6) is 5.75 Å². The molecule has 1 saturated heterocycles. The number of nitrogens with one attached hydrogen (secondary N) is 3. The number of likely N-dealkylation sites (tertiary alicyclic amines) is 1. The number of alkyl halides is 2. The highest BCUT2D eigenvalue weighted by Crippen LogP contribution is 2.33. The third-order valence-corrected chi connectivity index (χ3v) is 9.17. The number of carbonyl (C=O) groups is 3. The number of carbonyl (C=O) groups excluding carboxylic acids is 3. The molecule has 48 heavy (non-hydrogen) atoms. The summed E-state index contributed by atoms with van der Waals surface area (Å²) in [6.45, 7) is 5.49. The fraction of sp³-hybridized carbons (Fsp3) is 0.571. The standard InChI is InChI=1S/C35H48ClF2N5O5/c1-34(2,3)48-33(46)42-35(39,24-9-6-5-7-10-24)32(45)43-18-8-11-29(43)31(44)40-21-23-19-25(36)13-12-22(23)20-28(30(37)38)41-26-14-16-27(47-4)17-15-26/h12-17,19,24,28-30,41H,5-11,18,20-21,39H2,1-4H3,(H,40,44)(H,42,46)/t28?,29-,35+/m0/s1. The van der Waals surface area contributed by atoms with Crippen LogP contribution in [0.25, 0.3) is 0 Å². The summed E-state index contributed by atoms with van der Waals surface area (Å²) in [5, 5.41) is 8.87. The van der Waals surface area contributed by atoms with Crippen molar-refractivity contribution in [1.29, 1.82) is 0 Å². The summed E-state index contributed by atoms with van der Waals surface area (Å²) >= 11 is 6.29. The molecular weight excluding hydrogens is 644 g/mol. The quantitative estimate of drug-likeness (QED) is 0.201. The lowest BCUT2D eigenvalue weighted by molar-refractivity contribution is -0.146. The largest absolute Gasteiger partial charge is 0.497 e. The first-order valence-electron chi connectivity index (χ1n) is 16.5. The second-order valence-electron chi connectivity index (χ2n) is 13.6. The van der Waals surface area contributed by atoms with E-state index in [4.69, 9.17) is 26.8 Å². The Morgan fingerprint density at radius 2 is 1.69 bits per heavy atom. The Morgan fingerprint density at radius 1 is 1.00 bits per heavy atom. The van der Waals surface area contributed by atoms with Crippen LogP contribution in [0.15, 0.2) is 42.5 Å². The summed E-state index contributed by atoms with van der Waals surface area (Å²) in [7, 11) is 1.53. The van der Waals surface area contributed by atoms with E-state index in [9.17, 15) is 23.2 Å². The molecule has 3 atom stereocenters. The van der Waals surface area contributed by atoms with Crippen LogP contribution in [0, 0.1) is 5.92 Å². The monoisotopic (exact) mass is 691 g/mol. The molecule has 1 aliphatic carbocycles. The molecule has 2 aromatic rings. The van der Waals surface area contributed by atoms with Crippen LogP contribution in [0.1, 0.15) is 76.8 Å². The summed E-state index contributed by atoms with van der Waals surface area (Å²) < 4.78 is 39.0. The first-order valence-corrected chi connectivity index (χ1v) is 16.9. The number of nitrogens with two attached hydrogens (primary N) is 1. The zero-order chi connectivity index (χ0) is 35.1. The molecule has 2 aliphatic rings. The van der Waals surface area contributed by atoms with Crippen molar-refractivity contribution in [2.45, 2.75) is 108 Å². The van der Waals surface area contributed by atoms with E-state index in [0.29, 0.717) is 59.8 Å². The highest BCUT2D eigenvalue weighted by molar-refractivity contribution is 6.30. The number of halogens is 3. The van der Waals surface area contributed by atoms with Crippen molar-refractivity contribution in [1.82, 2.24) is 15.5 Å². The minimum atomic E-state index is -2.68. The van der Waals surface area contributed by atoms with Crippen molar-refractivity contribution < 1.29 is 32.6 Å². The smallest absolute Gasteiger partial charge is 0.409 e. The maximum Gasteiger partial charge on any atom is 0.409 e. The maximum atomic E-state index is 14.2. The molecule has 5 N–H and O–H groups in total. The SMILES string of the molecule is COc1ccc(NC(Cc2ccc(Cl)cc2CNC(=O)[C@@H]2CCCN2C(=O)[C@](N)(NC(=O)OC(C)(C)C)C2CCCCC2)C(F)F)cc1. The van der Waals surface area contributed by atoms with Gasteiger partial charge in [-0.3, -0.25) is 14.9 Å². The Labute approximate surface area is 286 Å². The number of hydrogen-bond donors (Lipinski definition) is 4. The molecule has 1 unspecified atom stereocenters. The summed E-state index contributed by atoms with van der Waals surface area (Å²) in [6, 6.07) is 9.60. The number of methoxy groups -OCH3 is 1. The third-order valence-electron chi connectivity index (χ3n) is 8.93. The first kappa shape index (κ1) is 37.2. The van der Waals surface area contributed by atoms with Gasteiger partial charge in [0.05, 0.1) is 13.2 Å². The third kappa shape index (κ3) is 9.72. The maximum absolute atomic E-state index is 14.2. The minimum Gasteiger partial charge on any atom is -0.497 e. The van der Waals surface area contributed by atoms with Gasteiger partial charge in [-0.25, -0.2) is 13.6 Å². The molecule has 4 rings (SSSR count). The normalized spacial score (nSPS) is 18.9. The van der Waals surface area contributed by atoms with Crippen LogP contribution < -0.4 is 26.4 Å². The van der Waals surface area contributed by atoms with E-state index >= 15 is 0 Å². The van der Waals surface area contributed by atoms with Crippen LogP contribution >= 0.6 is 11.6 Å². The van der Waals surface area contributed by atoms with Gasteiger partial charge in [-0.05, 0) is 100 Å². The Morgan fingerprint density at radius 3 is 2.31 bits per heavy atom. The minimum absolute atomic E-state index is 0.0122. The van der Waals surface area contributed by atoms with Gasteiger partial charge in [0.1, 0.15) is 17.4 Å². The molecule has 3 amide bonds. The molecule has 2 fully saturated rings. The van der Waals surface area contributed by atoms with Gasteiger partial charge in [-0.15, -0.1) is 0 Å². The van der Waals surface area contributed by atoms with Crippen LogP contribution in [0.4, 0.5) is 19.3 Å². The Bertz CT molecular complexity index is 1420. The molecule has 0 aromatic heterocycles.